The summed E-state index contributed by atoms with van der Waals surface area (Å²) in [6.07, 6.45) is 0.716. The van der Waals surface area contributed by atoms with Crippen LogP contribution in [0.25, 0.3) is 0 Å². The SMILES string of the molecule is O=C1Cc2cc(S(=O)(=O)N3CCCC(O)C3)c(Cl)cc2N1. The van der Waals surface area contributed by atoms with Gasteiger partial charge in [-0.3, -0.25) is 4.79 Å². The van der Waals surface area contributed by atoms with E-state index in [2.05, 4.69) is 5.32 Å². The van der Waals surface area contributed by atoms with Gasteiger partial charge in [-0.25, -0.2) is 8.42 Å². The number of halogens is 1. The molecule has 2 aliphatic heterocycles. The summed E-state index contributed by atoms with van der Waals surface area (Å²) in [6.45, 7) is 0.441. The van der Waals surface area contributed by atoms with E-state index in [0.29, 0.717) is 30.6 Å². The predicted octanol–water partition coefficient (Wildman–Crippen LogP) is 0.980. The number of carbonyl (C=O) groups is 1. The van der Waals surface area contributed by atoms with E-state index in [1.807, 2.05) is 0 Å². The summed E-state index contributed by atoms with van der Waals surface area (Å²) in [5.74, 6) is -0.177. The van der Waals surface area contributed by atoms with Crippen LogP contribution < -0.4 is 5.32 Å². The number of rotatable bonds is 2. The van der Waals surface area contributed by atoms with Crippen LogP contribution in [-0.2, 0) is 21.2 Å². The van der Waals surface area contributed by atoms with Crippen molar-refractivity contribution in [2.24, 2.45) is 0 Å². The summed E-state index contributed by atoms with van der Waals surface area (Å²) in [7, 11) is -3.76. The molecule has 8 heteroatoms. The molecule has 3 rings (SSSR count). The second-order valence-electron chi connectivity index (χ2n) is 5.32. The monoisotopic (exact) mass is 330 g/mol. The van der Waals surface area contributed by atoms with Crippen LogP contribution in [0.3, 0.4) is 0 Å². The molecule has 0 radical (unpaired) electrons. The molecule has 114 valence electrons. The minimum absolute atomic E-state index is 0.00600. The van der Waals surface area contributed by atoms with Crippen LogP contribution in [0.4, 0.5) is 5.69 Å². The fraction of sp³-hybridized carbons (Fsp3) is 0.462. The first-order chi connectivity index (χ1) is 9.88. The highest BCUT2D eigenvalue weighted by Crippen LogP contribution is 2.34. The number of piperidine rings is 1. The molecule has 2 aliphatic rings. The lowest BCUT2D eigenvalue weighted by atomic mass is 10.1. The number of benzene rings is 1. The number of sulfonamides is 1. The largest absolute Gasteiger partial charge is 0.392 e. The Kier molecular flexibility index (Phi) is 3.69. The zero-order chi connectivity index (χ0) is 15.2. The molecular weight excluding hydrogens is 316 g/mol. The van der Waals surface area contributed by atoms with Gasteiger partial charge in [0.1, 0.15) is 4.90 Å². The summed E-state index contributed by atoms with van der Waals surface area (Å²) >= 11 is 6.08. The lowest BCUT2D eigenvalue weighted by Crippen LogP contribution is -2.42. The number of nitrogens with one attached hydrogen (secondary N) is 1. The lowest BCUT2D eigenvalue weighted by Gasteiger charge is -2.29. The van der Waals surface area contributed by atoms with Gasteiger partial charge in [-0.15, -0.1) is 0 Å². The van der Waals surface area contributed by atoms with Gasteiger partial charge in [0.05, 0.1) is 17.5 Å². The Hall–Kier alpha value is -1.15. The third-order valence-corrected chi connectivity index (χ3v) is 6.09. The van der Waals surface area contributed by atoms with Crippen molar-refractivity contribution in [2.75, 3.05) is 18.4 Å². The third kappa shape index (κ3) is 2.66. The van der Waals surface area contributed by atoms with Crippen molar-refractivity contribution in [3.8, 4) is 0 Å². The van der Waals surface area contributed by atoms with Crippen LogP contribution in [0.15, 0.2) is 17.0 Å². The molecule has 1 saturated heterocycles. The molecule has 1 atom stereocenters. The minimum Gasteiger partial charge on any atom is -0.392 e. The Labute approximate surface area is 127 Å². The molecule has 1 aromatic rings. The highest BCUT2D eigenvalue weighted by Gasteiger charge is 2.32. The molecule has 1 amide bonds. The van der Waals surface area contributed by atoms with Crippen LogP contribution >= 0.6 is 11.6 Å². The van der Waals surface area contributed by atoms with Crippen molar-refractivity contribution in [1.82, 2.24) is 4.31 Å². The van der Waals surface area contributed by atoms with Crippen molar-refractivity contribution in [1.29, 1.82) is 0 Å². The summed E-state index contributed by atoms with van der Waals surface area (Å²) in [5.41, 5.74) is 1.18. The molecule has 2 N–H and O–H groups in total. The molecule has 0 bridgehead atoms. The molecule has 2 heterocycles. The van der Waals surface area contributed by atoms with Crippen molar-refractivity contribution in [2.45, 2.75) is 30.3 Å². The number of hydrogen-bond acceptors (Lipinski definition) is 4. The molecule has 0 spiro atoms. The third-order valence-electron chi connectivity index (χ3n) is 3.76. The lowest BCUT2D eigenvalue weighted by molar-refractivity contribution is -0.115. The maximum Gasteiger partial charge on any atom is 0.244 e. The predicted molar refractivity (Wildman–Crippen MR) is 77.8 cm³/mol. The smallest absolute Gasteiger partial charge is 0.244 e. The van der Waals surface area contributed by atoms with Gasteiger partial charge in [-0.1, -0.05) is 11.6 Å². The normalized spacial score (nSPS) is 23.0. The molecule has 0 saturated carbocycles. The number of nitrogens with zero attached hydrogens (tertiary/aromatic N) is 1. The number of aliphatic hydroxyl groups is 1. The number of fused-ring (bicyclic) bond motifs is 1. The van der Waals surface area contributed by atoms with Gasteiger partial charge in [0.2, 0.25) is 15.9 Å². The maximum absolute atomic E-state index is 12.7. The Morgan fingerprint density at radius 3 is 2.86 bits per heavy atom. The highest BCUT2D eigenvalue weighted by molar-refractivity contribution is 7.89. The first-order valence-electron chi connectivity index (χ1n) is 6.68. The molecule has 0 aliphatic carbocycles. The van der Waals surface area contributed by atoms with E-state index in [9.17, 15) is 18.3 Å². The second-order valence-corrected chi connectivity index (χ2v) is 7.64. The zero-order valence-electron chi connectivity index (χ0n) is 11.2. The van der Waals surface area contributed by atoms with E-state index in [1.165, 1.54) is 16.4 Å². The maximum atomic E-state index is 12.7. The Balaban J connectivity index is 2.00. The first-order valence-corrected chi connectivity index (χ1v) is 8.50. The molecule has 1 aromatic carbocycles. The average molecular weight is 331 g/mol. The van der Waals surface area contributed by atoms with Crippen LogP contribution in [0.5, 0.6) is 0 Å². The van der Waals surface area contributed by atoms with Gasteiger partial charge in [0.25, 0.3) is 0 Å². The van der Waals surface area contributed by atoms with Crippen LogP contribution in [-0.4, -0.2) is 42.9 Å². The molecule has 21 heavy (non-hydrogen) atoms. The van der Waals surface area contributed by atoms with E-state index in [1.54, 1.807) is 0 Å². The Morgan fingerprint density at radius 2 is 2.14 bits per heavy atom. The number of amides is 1. The van der Waals surface area contributed by atoms with Gasteiger partial charge in [0.15, 0.2) is 0 Å². The van der Waals surface area contributed by atoms with Gasteiger partial charge >= 0.3 is 0 Å². The van der Waals surface area contributed by atoms with E-state index in [-0.39, 0.29) is 28.8 Å². The van der Waals surface area contributed by atoms with Gasteiger partial charge in [-0.05, 0) is 30.5 Å². The van der Waals surface area contributed by atoms with Gasteiger partial charge < -0.3 is 10.4 Å². The van der Waals surface area contributed by atoms with E-state index >= 15 is 0 Å². The number of anilines is 1. The summed E-state index contributed by atoms with van der Waals surface area (Å²) in [4.78, 5) is 11.4. The summed E-state index contributed by atoms with van der Waals surface area (Å²) < 4.78 is 26.6. The molecule has 6 nitrogen and oxygen atoms in total. The van der Waals surface area contributed by atoms with Crippen LogP contribution in [0.2, 0.25) is 5.02 Å². The Bertz CT molecular complexity index is 704. The van der Waals surface area contributed by atoms with E-state index in [0.717, 1.165) is 0 Å². The zero-order valence-corrected chi connectivity index (χ0v) is 12.7. The van der Waals surface area contributed by atoms with Gasteiger partial charge in [-0.2, -0.15) is 4.31 Å². The molecule has 1 unspecified atom stereocenters. The van der Waals surface area contributed by atoms with Crippen molar-refractivity contribution >= 4 is 33.2 Å². The molecular formula is C13H15ClN2O4S. The standard InChI is InChI=1S/C13H15ClN2O4S/c14-10-6-11-8(5-13(18)15-11)4-12(10)21(19,20)16-3-1-2-9(17)7-16/h4,6,9,17H,1-3,5,7H2,(H,15,18). The van der Waals surface area contributed by atoms with Crippen LogP contribution in [0, 0.1) is 0 Å². The van der Waals surface area contributed by atoms with E-state index in [4.69, 9.17) is 11.6 Å². The topological polar surface area (TPSA) is 86.7 Å². The summed E-state index contributed by atoms with van der Waals surface area (Å²) in [6, 6.07) is 2.92. The van der Waals surface area contributed by atoms with Crippen molar-refractivity contribution in [3.05, 3.63) is 22.7 Å². The number of carbonyl (C=O) groups excluding carboxylic acids is 1. The van der Waals surface area contributed by atoms with Crippen molar-refractivity contribution < 1.29 is 18.3 Å². The van der Waals surface area contributed by atoms with Crippen molar-refractivity contribution in [3.63, 3.8) is 0 Å². The minimum atomic E-state index is -3.76. The highest BCUT2D eigenvalue weighted by atomic mass is 35.5. The van der Waals surface area contributed by atoms with E-state index < -0.39 is 16.1 Å². The fourth-order valence-electron chi connectivity index (χ4n) is 2.70. The van der Waals surface area contributed by atoms with Crippen LogP contribution in [0.1, 0.15) is 18.4 Å². The molecule has 0 aromatic heterocycles. The molecule has 1 fully saturated rings. The number of aliphatic hydroxyl groups excluding tert-OH is 1. The number of β-amino-alcohol motifs (C(OH)–C–C–N with tert-alkyl or cyclic N) is 1. The first kappa shape index (κ1) is 14.8. The van der Waals surface area contributed by atoms with Gasteiger partial charge in [0, 0.05) is 18.8 Å². The quantitative estimate of drug-likeness (QED) is 0.846. The second kappa shape index (κ2) is 5.24. The number of hydrogen-bond donors (Lipinski definition) is 2. The fourth-order valence-corrected chi connectivity index (χ4v) is 4.77. The summed E-state index contributed by atoms with van der Waals surface area (Å²) in [5, 5.41) is 12.4. The average Bonchev–Trinajstić information content (AvgIpc) is 2.76. The Morgan fingerprint density at radius 1 is 1.38 bits per heavy atom.